The van der Waals surface area contributed by atoms with E-state index < -0.39 is 0 Å². The molecule has 2 heterocycles. The van der Waals surface area contributed by atoms with Crippen molar-refractivity contribution in [2.24, 2.45) is 11.8 Å². The summed E-state index contributed by atoms with van der Waals surface area (Å²) in [7, 11) is 0. The standard InChI is InChI=1S/C17H28N2OS/c1-13(2)9-16-18-10-15(21-16)12-19-8-7-17(20)6-4-3-5-14(17)11-19/h10,13-14,20H,3-9,11-12H2,1-2H3. The molecule has 21 heavy (non-hydrogen) atoms. The Hall–Kier alpha value is -0.450. The molecule has 1 saturated heterocycles. The second kappa shape index (κ2) is 6.35. The number of aliphatic hydroxyl groups is 1. The number of aromatic nitrogens is 1. The number of hydrogen-bond acceptors (Lipinski definition) is 4. The smallest absolute Gasteiger partial charge is 0.0930 e. The Bertz CT molecular complexity index is 473. The fraction of sp³-hybridized carbons (Fsp3) is 0.824. The molecule has 0 bridgehead atoms. The summed E-state index contributed by atoms with van der Waals surface area (Å²) in [5.74, 6) is 1.17. The molecule has 0 amide bonds. The summed E-state index contributed by atoms with van der Waals surface area (Å²) >= 11 is 1.87. The van der Waals surface area contributed by atoms with Gasteiger partial charge in [-0.15, -0.1) is 11.3 Å². The second-order valence-corrected chi connectivity index (χ2v) is 8.55. The Morgan fingerprint density at radius 3 is 3.10 bits per heavy atom. The van der Waals surface area contributed by atoms with Crippen LogP contribution in [-0.4, -0.2) is 33.7 Å². The molecular weight excluding hydrogens is 280 g/mol. The van der Waals surface area contributed by atoms with E-state index in [4.69, 9.17) is 0 Å². The van der Waals surface area contributed by atoms with Gasteiger partial charge in [0.15, 0.2) is 0 Å². The average Bonchev–Trinajstić information content (AvgIpc) is 2.85. The first-order valence-electron chi connectivity index (χ1n) is 8.43. The Balaban J connectivity index is 1.57. The number of likely N-dealkylation sites (tertiary alicyclic amines) is 1. The molecule has 1 saturated carbocycles. The SMILES string of the molecule is CC(C)Cc1ncc(CN2CCC3(O)CCCCC3C2)s1. The topological polar surface area (TPSA) is 36.4 Å². The monoisotopic (exact) mass is 308 g/mol. The third-order valence-electron chi connectivity index (χ3n) is 5.08. The Morgan fingerprint density at radius 1 is 1.43 bits per heavy atom. The maximum absolute atomic E-state index is 10.7. The highest BCUT2D eigenvalue weighted by Gasteiger charge is 2.42. The van der Waals surface area contributed by atoms with Crippen LogP contribution in [0, 0.1) is 11.8 Å². The lowest BCUT2D eigenvalue weighted by Gasteiger charge is -2.47. The maximum Gasteiger partial charge on any atom is 0.0930 e. The summed E-state index contributed by atoms with van der Waals surface area (Å²) in [6, 6.07) is 0. The number of rotatable bonds is 4. The van der Waals surface area contributed by atoms with Gasteiger partial charge in [0, 0.05) is 43.0 Å². The van der Waals surface area contributed by atoms with Crippen LogP contribution in [0.4, 0.5) is 0 Å². The van der Waals surface area contributed by atoms with E-state index in [0.717, 1.165) is 38.9 Å². The third-order valence-corrected chi connectivity index (χ3v) is 6.08. The predicted molar refractivity (Wildman–Crippen MR) is 87.5 cm³/mol. The van der Waals surface area contributed by atoms with E-state index in [1.54, 1.807) is 0 Å². The van der Waals surface area contributed by atoms with E-state index in [1.165, 1.54) is 29.1 Å². The van der Waals surface area contributed by atoms with Crippen molar-refractivity contribution in [3.63, 3.8) is 0 Å². The van der Waals surface area contributed by atoms with Crippen LogP contribution in [0.5, 0.6) is 0 Å². The third kappa shape index (κ3) is 3.66. The molecule has 2 fully saturated rings. The fourth-order valence-electron chi connectivity index (χ4n) is 3.87. The first kappa shape index (κ1) is 15.4. The molecule has 2 atom stereocenters. The summed E-state index contributed by atoms with van der Waals surface area (Å²) in [5.41, 5.74) is -0.356. The van der Waals surface area contributed by atoms with Crippen LogP contribution in [-0.2, 0) is 13.0 Å². The molecule has 3 rings (SSSR count). The Morgan fingerprint density at radius 2 is 2.29 bits per heavy atom. The first-order valence-corrected chi connectivity index (χ1v) is 9.25. The summed E-state index contributed by atoms with van der Waals surface area (Å²) in [4.78, 5) is 8.47. The normalized spacial score (nSPS) is 30.6. The number of piperidine rings is 1. The van der Waals surface area contributed by atoms with Gasteiger partial charge in [-0.1, -0.05) is 26.7 Å². The van der Waals surface area contributed by atoms with Crippen LogP contribution in [0.2, 0.25) is 0 Å². The molecule has 0 aromatic carbocycles. The minimum absolute atomic E-state index is 0.356. The number of fused-ring (bicyclic) bond motifs is 1. The molecule has 2 aliphatic rings. The van der Waals surface area contributed by atoms with E-state index in [2.05, 4.69) is 29.9 Å². The van der Waals surface area contributed by atoms with E-state index in [-0.39, 0.29) is 5.60 Å². The van der Waals surface area contributed by atoms with Gasteiger partial charge in [0.25, 0.3) is 0 Å². The van der Waals surface area contributed by atoms with E-state index >= 15 is 0 Å². The Kier molecular flexibility index (Phi) is 4.67. The van der Waals surface area contributed by atoms with Crippen LogP contribution in [0.3, 0.4) is 0 Å². The predicted octanol–water partition coefficient (Wildman–Crippen LogP) is 3.47. The Labute approximate surface area is 132 Å². The number of hydrogen-bond donors (Lipinski definition) is 1. The van der Waals surface area contributed by atoms with Crippen LogP contribution in [0.1, 0.15) is 55.8 Å². The highest BCUT2D eigenvalue weighted by atomic mass is 32.1. The van der Waals surface area contributed by atoms with Gasteiger partial charge in [0.05, 0.1) is 10.6 Å². The molecule has 3 nitrogen and oxygen atoms in total. The molecule has 118 valence electrons. The van der Waals surface area contributed by atoms with Gasteiger partial charge < -0.3 is 5.11 Å². The lowest BCUT2D eigenvalue weighted by atomic mass is 9.71. The molecule has 1 aromatic rings. The van der Waals surface area contributed by atoms with Gasteiger partial charge in [-0.05, 0) is 25.2 Å². The molecular formula is C17H28N2OS. The highest BCUT2D eigenvalue weighted by Crippen LogP contribution is 2.40. The van der Waals surface area contributed by atoms with Gasteiger partial charge >= 0.3 is 0 Å². The molecule has 0 spiro atoms. The largest absolute Gasteiger partial charge is 0.390 e. The zero-order chi connectivity index (χ0) is 14.9. The van der Waals surface area contributed by atoms with Crippen molar-refractivity contribution in [1.29, 1.82) is 0 Å². The van der Waals surface area contributed by atoms with Crippen molar-refractivity contribution in [1.82, 2.24) is 9.88 Å². The van der Waals surface area contributed by atoms with Crippen LogP contribution >= 0.6 is 11.3 Å². The van der Waals surface area contributed by atoms with Crippen molar-refractivity contribution < 1.29 is 5.11 Å². The van der Waals surface area contributed by atoms with Crippen molar-refractivity contribution >= 4 is 11.3 Å². The van der Waals surface area contributed by atoms with Crippen molar-refractivity contribution in [3.05, 3.63) is 16.1 Å². The second-order valence-electron chi connectivity index (χ2n) is 7.35. The minimum atomic E-state index is -0.356. The zero-order valence-electron chi connectivity index (χ0n) is 13.3. The molecule has 1 aliphatic heterocycles. The average molecular weight is 308 g/mol. The quantitative estimate of drug-likeness (QED) is 0.925. The van der Waals surface area contributed by atoms with E-state index in [0.29, 0.717) is 11.8 Å². The number of nitrogens with zero attached hydrogens (tertiary/aromatic N) is 2. The van der Waals surface area contributed by atoms with Gasteiger partial charge in [0.2, 0.25) is 0 Å². The molecule has 0 radical (unpaired) electrons. The molecule has 1 aromatic heterocycles. The summed E-state index contributed by atoms with van der Waals surface area (Å²) in [5, 5.41) is 12.0. The van der Waals surface area contributed by atoms with E-state index in [1.807, 2.05) is 11.3 Å². The summed E-state index contributed by atoms with van der Waals surface area (Å²) in [6.45, 7) is 7.60. The van der Waals surface area contributed by atoms with Crippen LogP contribution < -0.4 is 0 Å². The van der Waals surface area contributed by atoms with Crippen LogP contribution in [0.15, 0.2) is 6.20 Å². The fourth-order valence-corrected chi connectivity index (χ4v) is 5.05. The minimum Gasteiger partial charge on any atom is -0.390 e. The molecule has 2 unspecified atom stereocenters. The van der Waals surface area contributed by atoms with Gasteiger partial charge in [-0.25, -0.2) is 4.98 Å². The number of thiazole rings is 1. The van der Waals surface area contributed by atoms with Gasteiger partial charge in [-0.2, -0.15) is 0 Å². The van der Waals surface area contributed by atoms with Gasteiger partial charge in [-0.3, -0.25) is 4.90 Å². The zero-order valence-corrected chi connectivity index (χ0v) is 14.2. The molecule has 1 aliphatic carbocycles. The lowest BCUT2D eigenvalue weighted by molar-refractivity contribution is -0.0966. The maximum atomic E-state index is 10.7. The van der Waals surface area contributed by atoms with Gasteiger partial charge in [0.1, 0.15) is 0 Å². The van der Waals surface area contributed by atoms with Crippen molar-refractivity contribution in [2.75, 3.05) is 13.1 Å². The summed E-state index contributed by atoms with van der Waals surface area (Å²) in [6.07, 6.45) is 8.83. The van der Waals surface area contributed by atoms with Crippen molar-refractivity contribution in [3.8, 4) is 0 Å². The highest BCUT2D eigenvalue weighted by molar-refractivity contribution is 7.11. The molecule has 1 N–H and O–H groups in total. The summed E-state index contributed by atoms with van der Waals surface area (Å²) < 4.78 is 0. The first-order chi connectivity index (χ1) is 10.0. The van der Waals surface area contributed by atoms with E-state index in [9.17, 15) is 5.11 Å². The van der Waals surface area contributed by atoms with Crippen LogP contribution in [0.25, 0.3) is 0 Å². The lowest BCUT2D eigenvalue weighted by Crippen LogP contribution is -2.52. The van der Waals surface area contributed by atoms with Crippen molar-refractivity contribution in [2.45, 2.75) is 64.5 Å². The molecule has 4 heteroatoms.